The molecular weight excluding hydrogens is 441 g/mol. The van der Waals surface area contributed by atoms with Gasteiger partial charge in [-0.2, -0.15) is 0 Å². The number of benzene rings is 2. The van der Waals surface area contributed by atoms with Crippen LogP contribution in [0.15, 0.2) is 46.2 Å². The largest absolute Gasteiger partial charge is 0.493 e. The van der Waals surface area contributed by atoms with Crippen molar-refractivity contribution < 1.29 is 40.6 Å². The predicted molar refractivity (Wildman–Crippen MR) is 107 cm³/mol. The minimum atomic E-state index is -4.51. The van der Waals surface area contributed by atoms with E-state index in [1.807, 2.05) is 4.72 Å². The molecule has 0 bridgehead atoms. The van der Waals surface area contributed by atoms with Gasteiger partial charge in [0.15, 0.2) is 21.3 Å². The normalized spacial score (nSPS) is 12.0. The van der Waals surface area contributed by atoms with Gasteiger partial charge in [-0.1, -0.05) is 0 Å². The molecule has 0 radical (unpaired) electrons. The standard InChI is InChI=1S/C18H18FNO8S2/c1-27-15-8-11(4-7-17(21)22)9-16(18(15)28-2)30(25,26)20-14-10-12(29(3,23)24)5-6-13(14)19/h4-10,20H,1-3H3,(H,21,22)/b7-4+. The summed E-state index contributed by atoms with van der Waals surface area (Å²) in [6.45, 7) is 0. The quantitative estimate of drug-likeness (QED) is 0.453. The molecule has 2 aromatic rings. The van der Waals surface area contributed by atoms with Crippen LogP contribution < -0.4 is 14.2 Å². The van der Waals surface area contributed by atoms with Crippen molar-refractivity contribution >= 4 is 37.6 Å². The number of methoxy groups -OCH3 is 2. The van der Waals surface area contributed by atoms with Crippen LogP contribution in [0.25, 0.3) is 6.08 Å². The van der Waals surface area contributed by atoms with E-state index in [-0.39, 0.29) is 22.0 Å². The van der Waals surface area contributed by atoms with Crippen LogP contribution in [0.5, 0.6) is 11.5 Å². The Labute approximate surface area is 172 Å². The zero-order chi connectivity index (χ0) is 22.7. The molecule has 0 saturated carbocycles. The molecule has 0 unspecified atom stereocenters. The van der Waals surface area contributed by atoms with Crippen molar-refractivity contribution in [1.29, 1.82) is 0 Å². The fourth-order valence-electron chi connectivity index (χ4n) is 2.43. The average molecular weight is 459 g/mol. The van der Waals surface area contributed by atoms with Crippen LogP contribution in [0.4, 0.5) is 10.1 Å². The van der Waals surface area contributed by atoms with Gasteiger partial charge in [0.2, 0.25) is 0 Å². The second-order valence-electron chi connectivity index (χ2n) is 5.95. The highest BCUT2D eigenvalue weighted by molar-refractivity contribution is 7.93. The van der Waals surface area contributed by atoms with E-state index in [4.69, 9.17) is 14.6 Å². The molecule has 0 aromatic heterocycles. The Bertz CT molecular complexity index is 1220. The number of aliphatic carboxylic acids is 1. The molecule has 2 aromatic carbocycles. The van der Waals surface area contributed by atoms with Crippen LogP contribution in [0, 0.1) is 5.82 Å². The van der Waals surface area contributed by atoms with Crippen molar-refractivity contribution in [2.75, 3.05) is 25.2 Å². The topological polar surface area (TPSA) is 136 Å². The summed E-state index contributed by atoms with van der Waals surface area (Å²) in [5, 5.41) is 8.78. The monoisotopic (exact) mass is 459 g/mol. The Morgan fingerprint density at radius 3 is 2.30 bits per heavy atom. The summed E-state index contributed by atoms with van der Waals surface area (Å²) in [5.41, 5.74) is -0.439. The van der Waals surface area contributed by atoms with Gasteiger partial charge in [-0.3, -0.25) is 4.72 Å². The molecule has 2 rings (SSSR count). The highest BCUT2D eigenvalue weighted by Gasteiger charge is 2.25. The van der Waals surface area contributed by atoms with E-state index in [0.29, 0.717) is 0 Å². The molecule has 0 heterocycles. The Morgan fingerprint density at radius 2 is 1.77 bits per heavy atom. The lowest BCUT2D eigenvalue weighted by molar-refractivity contribution is -0.131. The molecule has 0 atom stereocenters. The minimum absolute atomic E-state index is 0.0178. The van der Waals surface area contributed by atoms with E-state index >= 15 is 0 Å². The van der Waals surface area contributed by atoms with Crippen LogP contribution in [0.3, 0.4) is 0 Å². The predicted octanol–water partition coefficient (Wildman–Crippen LogP) is 2.15. The first-order valence-electron chi connectivity index (χ1n) is 8.08. The number of sulfonamides is 1. The number of nitrogens with one attached hydrogen (secondary N) is 1. The molecular formula is C18H18FNO8S2. The third-order valence-electron chi connectivity index (χ3n) is 3.79. The molecule has 9 nitrogen and oxygen atoms in total. The maximum atomic E-state index is 14.2. The number of hydrogen-bond donors (Lipinski definition) is 2. The zero-order valence-corrected chi connectivity index (χ0v) is 17.7. The first kappa shape index (κ1) is 23.2. The number of sulfone groups is 1. The molecule has 0 aliphatic heterocycles. The summed E-state index contributed by atoms with van der Waals surface area (Å²) in [6.07, 6.45) is 2.82. The van der Waals surface area contributed by atoms with E-state index in [1.165, 1.54) is 20.3 Å². The molecule has 30 heavy (non-hydrogen) atoms. The van der Waals surface area contributed by atoms with Crippen LogP contribution in [0.2, 0.25) is 0 Å². The Balaban J connectivity index is 2.64. The zero-order valence-electron chi connectivity index (χ0n) is 16.0. The maximum Gasteiger partial charge on any atom is 0.328 e. The molecule has 12 heteroatoms. The lowest BCUT2D eigenvalue weighted by Crippen LogP contribution is -2.16. The van der Waals surface area contributed by atoms with Gasteiger partial charge in [-0.05, 0) is 42.0 Å². The highest BCUT2D eigenvalue weighted by Crippen LogP contribution is 2.37. The Hall–Kier alpha value is -3.12. The van der Waals surface area contributed by atoms with Gasteiger partial charge in [0.05, 0.1) is 24.8 Å². The number of hydrogen-bond acceptors (Lipinski definition) is 7. The van der Waals surface area contributed by atoms with E-state index in [0.717, 1.165) is 42.7 Å². The Kier molecular flexibility index (Phi) is 6.73. The van der Waals surface area contributed by atoms with Crippen molar-refractivity contribution in [2.45, 2.75) is 9.79 Å². The maximum absolute atomic E-state index is 14.2. The molecule has 2 N–H and O–H groups in total. The summed E-state index contributed by atoms with van der Waals surface area (Å²) in [4.78, 5) is 10.00. The van der Waals surface area contributed by atoms with Gasteiger partial charge >= 0.3 is 5.97 Å². The molecule has 162 valence electrons. The average Bonchev–Trinajstić information content (AvgIpc) is 2.66. The summed E-state index contributed by atoms with van der Waals surface area (Å²) >= 11 is 0. The van der Waals surface area contributed by atoms with Gasteiger partial charge in [-0.15, -0.1) is 0 Å². The molecule has 0 spiro atoms. The summed E-state index contributed by atoms with van der Waals surface area (Å²) in [7, 11) is -5.78. The second-order valence-corrected chi connectivity index (χ2v) is 9.61. The lowest BCUT2D eigenvalue weighted by atomic mass is 10.2. The van der Waals surface area contributed by atoms with E-state index in [2.05, 4.69) is 0 Å². The van der Waals surface area contributed by atoms with E-state index in [1.54, 1.807) is 0 Å². The number of ether oxygens (including phenoxy) is 2. The fourth-order valence-corrected chi connectivity index (χ4v) is 4.35. The van der Waals surface area contributed by atoms with E-state index in [9.17, 15) is 26.0 Å². The summed E-state index contributed by atoms with van der Waals surface area (Å²) in [5.74, 6) is -2.49. The second kappa shape index (κ2) is 8.71. The first-order valence-corrected chi connectivity index (χ1v) is 11.5. The molecule has 0 aliphatic carbocycles. The van der Waals surface area contributed by atoms with Crippen molar-refractivity contribution in [3.63, 3.8) is 0 Å². The highest BCUT2D eigenvalue weighted by atomic mass is 32.2. The van der Waals surface area contributed by atoms with Crippen LogP contribution in [-0.2, 0) is 24.7 Å². The summed E-state index contributed by atoms with van der Waals surface area (Å²) in [6, 6.07) is 5.12. The van der Waals surface area contributed by atoms with Gasteiger partial charge in [0, 0.05) is 12.3 Å². The molecule has 0 saturated heterocycles. The SMILES string of the molecule is COc1cc(/C=C/C(=O)O)cc(S(=O)(=O)Nc2cc(S(C)(=O)=O)ccc2F)c1OC. The number of carboxylic acid groups (broad SMARTS) is 1. The van der Waals surface area contributed by atoms with Crippen molar-refractivity contribution in [1.82, 2.24) is 0 Å². The third-order valence-corrected chi connectivity index (χ3v) is 6.27. The van der Waals surface area contributed by atoms with Gasteiger partial charge in [0.25, 0.3) is 10.0 Å². The lowest BCUT2D eigenvalue weighted by Gasteiger charge is -2.16. The smallest absolute Gasteiger partial charge is 0.328 e. The van der Waals surface area contributed by atoms with Crippen LogP contribution in [0.1, 0.15) is 5.56 Å². The minimum Gasteiger partial charge on any atom is -0.493 e. The fraction of sp³-hybridized carbons (Fsp3) is 0.167. The van der Waals surface area contributed by atoms with Gasteiger partial charge < -0.3 is 14.6 Å². The molecule has 0 fully saturated rings. The number of carbonyl (C=O) groups is 1. The van der Waals surface area contributed by atoms with Gasteiger partial charge in [0.1, 0.15) is 10.7 Å². The number of rotatable bonds is 8. The molecule has 0 amide bonds. The summed E-state index contributed by atoms with van der Waals surface area (Å²) < 4.78 is 75.7. The Morgan fingerprint density at radius 1 is 1.10 bits per heavy atom. The molecule has 0 aliphatic rings. The number of carboxylic acids is 1. The van der Waals surface area contributed by atoms with Crippen LogP contribution >= 0.6 is 0 Å². The van der Waals surface area contributed by atoms with Crippen LogP contribution in [-0.4, -0.2) is 48.4 Å². The van der Waals surface area contributed by atoms with Crippen molar-refractivity contribution in [3.8, 4) is 11.5 Å². The number of halogens is 1. The van der Waals surface area contributed by atoms with Crippen molar-refractivity contribution in [3.05, 3.63) is 47.8 Å². The van der Waals surface area contributed by atoms with Crippen molar-refractivity contribution in [2.24, 2.45) is 0 Å². The third kappa shape index (κ3) is 5.27. The van der Waals surface area contributed by atoms with E-state index < -0.39 is 42.2 Å². The first-order chi connectivity index (χ1) is 13.9. The number of anilines is 1. The van der Waals surface area contributed by atoms with Gasteiger partial charge in [-0.25, -0.2) is 26.0 Å².